The second-order valence-electron chi connectivity index (χ2n) is 6.93. The highest BCUT2D eigenvalue weighted by Gasteiger charge is 2.27. The molecule has 8 heteroatoms. The van der Waals surface area contributed by atoms with Crippen LogP contribution in [0.3, 0.4) is 0 Å². The van der Waals surface area contributed by atoms with Gasteiger partial charge in [-0.05, 0) is 17.5 Å². The number of β-amino-alcohol motifs (C(OH)–C–C–N with tert-alkyl or cyclic N) is 1. The van der Waals surface area contributed by atoms with Crippen molar-refractivity contribution in [2.24, 2.45) is 0 Å². The van der Waals surface area contributed by atoms with Crippen molar-refractivity contribution >= 4 is 34.1 Å². The van der Waals surface area contributed by atoms with Crippen LogP contribution in [0, 0.1) is 0 Å². The smallest absolute Gasteiger partial charge is 0.336 e. The van der Waals surface area contributed by atoms with Crippen molar-refractivity contribution in [1.82, 2.24) is 14.8 Å². The van der Waals surface area contributed by atoms with Crippen molar-refractivity contribution < 1.29 is 19.8 Å². The van der Waals surface area contributed by atoms with Gasteiger partial charge >= 0.3 is 5.97 Å². The molecule has 1 fully saturated rings. The van der Waals surface area contributed by atoms with Crippen LogP contribution in [0.4, 0.5) is 0 Å². The van der Waals surface area contributed by atoms with Crippen LogP contribution in [0.2, 0.25) is 0 Å². The summed E-state index contributed by atoms with van der Waals surface area (Å²) in [6, 6.07) is 11.1. The number of piperazine rings is 1. The Morgan fingerprint density at radius 3 is 2.69 bits per heavy atom. The standard InChI is InChI=1S/C21H21N3O4S/c25-10-9-24-8-7-23(13-18(24)26)12-15-19(21(27)28)14-4-1-2-5-16(14)22-20(15)17-6-3-11-29-17/h1-6,11,25H,7-10,12-13H2,(H,27,28). The van der Waals surface area contributed by atoms with Gasteiger partial charge in [-0.1, -0.05) is 24.3 Å². The molecule has 2 N–H and O–H groups in total. The summed E-state index contributed by atoms with van der Waals surface area (Å²) in [4.78, 5) is 33.9. The number of aromatic nitrogens is 1. The molecule has 4 rings (SSSR count). The number of benzene rings is 1. The van der Waals surface area contributed by atoms with Crippen LogP contribution in [-0.2, 0) is 11.3 Å². The van der Waals surface area contributed by atoms with Crippen molar-refractivity contribution in [2.75, 3.05) is 32.8 Å². The number of hydrogen-bond donors (Lipinski definition) is 2. The number of fused-ring (bicyclic) bond motifs is 1. The van der Waals surface area contributed by atoms with E-state index < -0.39 is 5.97 Å². The number of para-hydroxylation sites is 1. The molecule has 1 saturated heterocycles. The highest BCUT2D eigenvalue weighted by atomic mass is 32.1. The Balaban J connectivity index is 1.78. The number of rotatable bonds is 6. The van der Waals surface area contributed by atoms with E-state index in [1.54, 1.807) is 11.0 Å². The number of carbonyl (C=O) groups is 2. The van der Waals surface area contributed by atoms with E-state index in [9.17, 15) is 14.7 Å². The zero-order valence-electron chi connectivity index (χ0n) is 15.7. The third-order valence-electron chi connectivity index (χ3n) is 5.11. The Bertz CT molecular complexity index is 1050. The lowest BCUT2D eigenvalue weighted by molar-refractivity contribution is -0.136. The number of aliphatic hydroxyl groups excluding tert-OH is 1. The Kier molecular flexibility index (Phi) is 5.57. The lowest BCUT2D eigenvalue weighted by Crippen LogP contribution is -2.50. The largest absolute Gasteiger partial charge is 0.478 e. The zero-order valence-corrected chi connectivity index (χ0v) is 16.6. The molecule has 0 spiro atoms. The first-order valence-electron chi connectivity index (χ1n) is 9.38. The quantitative estimate of drug-likeness (QED) is 0.646. The van der Waals surface area contributed by atoms with Gasteiger partial charge in [-0.15, -0.1) is 11.3 Å². The van der Waals surface area contributed by atoms with Gasteiger partial charge in [-0.2, -0.15) is 0 Å². The molecule has 7 nitrogen and oxygen atoms in total. The number of thiophene rings is 1. The number of carbonyl (C=O) groups excluding carboxylic acids is 1. The minimum Gasteiger partial charge on any atom is -0.478 e. The van der Waals surface area contributed by atoms with Gasteiger partial charge in [0.2, 0.25) is 5.91 Å². The van der Waals surface area contributed by atoms with Crippen LogP contribution in [0.25, 0.3) is 21.5 Å². The van der Waals surface area contributed by atoms with Crippen molar-refractivity contribution in [2.45, 2.75) is 6.54 Å². The van der Waals surface area contributed by atoms with E-state index >= 15 is 0 Å². The van der Waals surface area contributed by atoms with Gasteiger partial charge in [0.05, 0.1) is 34.8 Å². The average molecular weight is 411 g/mol. The molecule has 1 amide bonds. The third kappa shape index (κ3) is 3.87. The predicted molar refractivity (Wildman–Crippen MR) is 111 cm³/mol. The molecule has 0 bridgehead atoms. The molecular formula is C21H21N3O4S. The molecule has 1 aliphatic heterocycles. The Morgan fingerprint density at radius 1 is 1.17 bits per heavy atom. The fraction of sp³-hybridized carbons (Fsp3) is 0.286. The van der Waals surface area contributed by atoms with Crippen molar-refractivity contribution in [3.63, 3.8) is 0 Å². The van der Waals surface area contributed by atoms with Crippen LogP contribution in [-0.4, -0.2) is 69.7 Å². The first-order valence-corrected chi connectivity index (χ1v) is 10.3. The minimum atomic E-state index is -0.998. The van der Waals surface area contributed by atoms with E-state index in [1.807, 2.05) is 40.6 Å². The summed E-state index contributed by atoms with van der Waals surface area (Å²) in [7, 11) is 0. The molecule has 3 heterocycles. The molecule has 0 atom stereocenters. The highest BCUT2D eigenvalue weighted by Crippen LogP contribution is 2.33. The van der Waals surface area contributed by atoms with E-state index in [0.29, 0.717) is 48.3 Å². The van der Waals surface area contributed by atoms with Gasteiger partial charge < -0.3 is 15.1 Å². The Hall–Kier alpha value is -2.81. The summed E-state index contributed by atoms with van der Waals surface area (Å²) in [5.74, 6) is -1.06. The fourth-order valence-corrected chi connectivity index (χ4v) is 4.48. The molecule has 1 aliphatic rings. The topological polar surface area (TPSA) is 94.0 Å². The third-order valence-corrected chi connectivity index (χ3v) is 5.99. The molecule has 2 aromatic heterocycles. The summed E-state index contributed by atoms with van der Waals surface area (Å²) >= 11 is 1.51. The number of hydrogen-bond acceptors (Lipinski definition) is 6. The summed E-state index contributed by atoms with van der Waals surface area (Å²) in [6.45, 7) is 1.90. The first-order chi connectivity index (χ1) is 14.1. The lowest BCUT2D eigenvalue weighted by Gasteiger charge is -2.34. The maximum atomic E-state index is 12.4. The number of carboxylic acid groups (broad SMARTS) is 1. The Labute approximate surface area is 171 Å². The molecule has 0 radical (unpaired) electrons. The number of aliphatic hydroxyl groups is 1. The van der Waals surface area contributed by atoms with Crippen LogP contribution >= 0.6 is 11.3 Å². The van der Waals surface area contributed by atoms with Gasteiger partial charge in [0.15, 0.2) is 0 Å². The van der Waals surface area contributed by atoms with Crippen LogP contribution in [0.1, 0.15) is 15.9 Å². The van der Waals surface area contributed by atoms with Gasteiger partial charge in [-0.25, -0.2) is 9.78 Å². The normalized spacial score (nSPS) is 15.2. The second kappa shape index (κ2) is 8.28. The molecule has 3 aromatic rings. The second-order valence-corrected chi connectivity index (χ2v) is 7.88. The Morgan fingerprint density at radius 2 is 2.00 bits per heavy atom. The highest BCUT2D eigenvalue weighted by molar-refractivity contribution is 7.13. The molecule has 1 aromatic carbocycles. The van der Waals surface area contributed by atoms with Crippen LogP contribution in [0.5, 0.6) is 0 Å². The van der Waals surface area contributed by atoms with Gasteiger partial charge in [-0.3, -0.25) is 9.69 Å². The lowest BCUT2D eigenvalue weighted by atomic mass is 9.98. The average Bonchev–Trinajstić information content (AvgIpc) is 3.24. The van der Waals surface area contributed by atoms with E-state index in [0.717, 1.165) is 4.88 Å². The van der Waals surface area contributed by atoms with Crippen molar-refractivity contribution in [3.8, 4) is 10.6 Å². The van der Waals surface area contributed by atoms with E-state index in [4.69, 9.17) is 10.1 Å². The van der Waals surface area contributed by atoms with Gasteiger partial charge in [0.1, 0.15) is 0 Å². The predicted octanol–water partition coefficient (Wildman–Crippen LogP) is 2.30. The van der Waals surface area contributed by atoms with E-state index in [1.165, 1.54) is 11.3 Å². The van der Waals surface area contributed by atoms with Crippen molar-refractivity contribution in [3.05, 3.63) is 52.9 Å². The van der Waals surface area contributed by atoms with E-state index in [2.05, 4.69) is 0 Å². The summed E-state index contributed by atoms with van der Waals surface area (Å²) in [5, 5.41) is 21.7. The molecule has 0 saturated carbocycles. The zero-order chi connectivity index (χ0) is 20.4. The van der Waals surface area contributed by atoms with Gasteiger partial charge in [0.25, 0.3) is 0 Å². The van der Waals surface area contributed by atoms with Gasteiger partial charge in [0, 0.05) is 37.1 Å². The monoisotopic (exact) mass is 411 g/mol. The number of aromatic carboxylic acids is 1. The SMILES string of the molecule is O=C(O)c1c(CN2CCN(CCO)C(=O)C2)c(-c2cccs2)nc2ccccc12. The molecule has 0 unspecified atom stereocenters. The fourth-order valence-electron chi connectivity index (χ4n) is 3.74. The first kappa shape index (κ1) is 19.5. The summed E-state index contributed by atoms with van der Waals surface area (Å²) in [6.07, 6.45) is 0. The summed E-state index contributed by atoms with van der Waals surface area (Å²) in [5.41, 5.74) is 2.16. The summed E-state index contributed by atoms with van der Waals surface area (Å²) < 4.78 is 0. The number of carboxylic acids is 1. The molecule has 29 heavy (non-hydrogen) atoms. The van der Waals surface area contributed by atoms with E-state index in [-0.39, 0.29) is 24.6 Å². The number of nitrogens with zero attached hydrogens (tertiary/aromatic N) is 3. The molecule has 0 aliphatic carbocycles. The van der Waals surface area contributed by atoms with Crippen LogP contribution < -0.4 is 0 Å². The molecule has 150 valence electrons. The van der Waals surface area contributed by atoms with Crippen molar-refractivity contribution in [1.29, 1.82) is 0 Å². The molecular weight excluding hydrogens is 390 g/mol. The minimum absolute atomic E-state index is 0.0615. The number of amides is 1. The maximum Gasteiger partial charge on any atom is 0.336 e. The number of pyridine rings is 1. The maximum absolute atomic E-state index is 12.4. The van der Waals surface area contributed by atoms with Crippen LogP contribution in [0.15, 0.2) is 41.8 Å².